The number of fused-ring (bicyclic) bond motifs is 1. The molecule has 2 aromatic carbocycles. The Morgan fingerprint density at radius 3 is 2.59 bits per heavy atom. The molecule has 152 valence electrons. The van der Waals surface area contributed by atoms with Crippen LogP contribution in [0.2, 0.25) is 5.02 Å². The van der Waals surface area contributed by atoms with E-state index < -0.39 is 17.5 Å². The van der Waals surface area contributed by atoms with Gasteiger partial charge < -0.3 is 10.2 Å². The standard InChI is InChI=1S/C22H20ClF3N2O/c1-12(22(29)27-21-18(23)9-16(25)10-19(21)26)8-14-6-7-28(3)20-11-15(24)4-5-17(20)13(14)2/h4-5,8-11H,6-7H2,1-3H3,(H,27,29)/b12-8+. The third-order valence-corrected chi connectivity index (χ3v) is 5.27. The van der Waals surface area contributed by atoms with Crippen molar-refractivity contribution >= 4 is 34.5 Å². The topological polar surface area (TPSA) is 32.3 Å². The van der Waals surface area contributed by atoms with Crippen molar-refractivity contribution in [3.8, 4) is 0 Å². The fraction of sp³-hybridized carbons (Fsp3) is 0.227. The highest BCUT2D eigenvalue weighted by molar-refractivity contribution is 6.34. The van der Waals surface area contributed by atoms with Crippen LogP contribution in [0.5, 0.6) is 0 Å². The Balaban J connectivity index is 1.91. The summed E-state index contributed by atoms with van der Waals surface area (Å²) in [5, 5.41) is 2.18. The van der Waals surface area contributed by atoms with E-state index in [0.717, 1.165) is 28.5 Å². The summed E-state index contributed by atoms with van der Waals surface area (Å²) in [7, 11) is 1.89. The highest BCUT2D eigenvalue weighted by atomic mass is 35.5. The molecule has 1 heterocycles. The molecule has 0 fully saturated rings. The third-order valence-electron chi connectivity index (χ3n) is 4.97. The Morgan fingerprint density at radius 1 is 1.17 bits per heavy atom. The maximum Gasteiger partial charge on any atom is 0.251 e. The maximum absolute atomic E-state index is 13.9. The number of rotatable bonds is 3. The van der Waals surface area contributed by atoms with Gasteiger partial charge in [-0.2, -0.15) is 0 Å². The van der Waals surface area contributed by atoms with Crippen molar-refractivity contribution in [2.45, 2.75) is 20.3 Å². The predicted molar refractivity (Wildman–Crippen MR) is 111 cm³/mol. The van der Waals surface area contributed by atoms with E-state index in [9.17, 15) is 18.0 Å². The molecule has 1 N–H and O–H groups in total. The lowest BCUT2D eigenvalue weighted by Crippen LogP contribution is -2.18. The number of hydrogen-bond acceptors (Lipinski definition) is 2. The number of halogens is 4. The van der Waals surface area contributed by atoms with Crippen LogP contribution in [0.25, 0.3) is 5.57 Å². The van der Waals surface area contributed by atoms with Crippen molar-refractivity contribution in [2.75, 3.05) is 23.8 Å². The molecule has 0 radical (unpaired) electrons. The first kappa shape index (κ1) is 21.0. The quantitative estimate of drug-likeness (QED) is 0.622. The largest absolute Gasteiger partial charge is 0.374 e. The first-order chi connectivity index (χ1) is 13.7. The molecule has 1 aliphatic rings. The maximum atomic E-state index is 13.9. The van der Waals surface area contributed by atoms with Gasteiger partial charge in [-0.25, -0.2) is 13.2 Å². The van der Waals surface area contributed by atoms with E-state index >= 15 is 0 Å². The highest BCUT2D eigenvalue weighted by Gasteiger charge is 2.19. The number of nitrogens with one attached hydrogen (secondary N) is 1. The second kappa shape index (κ2) is 8.33. The van der Waals surface area contributed by atoms with Crippen LogP contribution in [0, 0.1) is 17.5 Å². The molecule has 7 heteroatoms. The molecule has 0 bridgehead atoms. The second-order valence-corrected chi connectivity index (χ2v) is 7.42. The molecule has 0 atom stereocenters. The molecular weight excluding hydrogens is 401 g/mol. The Kier molecular flexibility index (Phi) is 6.03. The van der Waals surface area contributed by atoms with Crippen LogP contribution in [0.3, 0.4) is 0 Å². The predicted octanol–water partition coefficient (Wildman–Crippen LogP) is 5.96. The van der Waals surface area contributed by atoms with Gasteiger partial charge in [0.25, 0.3) is 5.91 Å². The number of anilines is 2. The van der Waals surface area contributed by atoms with E-state index in [2.05, 4.69) is 5.32 Å². The van der Waals surface area contributed by atoms with Gasteiger partial charge in [0.1, 0.15) is 11.6 Å². The summed E-state index contributed by atoms with van der Waals surface area (Å²) in [5.41, 5.74) is 3.60. The average Bonchev–Trinajstić information content (AvgIpc) is 2.76. The summed E-state index contributed by atoms with van der Waals surface area (Å²) < 4.78 is 40.8. The van der Waals surface area contributed by atoms with E-state index in [1.165, 1.54) is 12.1 Å². The monoisotopic (exact) mass is 420 g/mol. The van der Waals surface area contributed by atoms with E-state index in [0.29, 0.717) is 24.6 Å². The lowest BCUT2D eigenvalue weighted by Gasteiger charge is -2.19. The van der Waals surface area contributed by atoms with Crippen molar-refractivity contribution in [3.05, 3.63) is 75.6 Å². The van der Waals surface area contributed by atoms with Crippen molar-refractivity contribution in [1.29, 1.82) is 0 Å². The Hall–Kier alpha value is -2.73. The lowest BCUT2D eigenvalue weighted by molar-refractivity contribution is -0.112. The van der Waals surface area contributed by atoms with E-state index in [1.807, 2.05) is 18.9 Å². The molecule has 0 saturated heterocycles. The van der Waals surface area contributed by atoms with Crippen LogP contribution >= 0.6 is 11.6 Å². The molecule has 1 amide bonds. The van der Waals surface area contributed by atoms with Gasteiger partial charge in [-0.3, -0.25) is 4.79 Å². The van der Waals surface area contributed by atoms with Gasteiger partial charge in [0.05, 0.1) is 10.7 Å². The summed E-state index contributed by atoms with van der Waals surface area (Å²) in [4.78, 5) is 14.5. The molecule has 2 aromatic rings. The molecule has 3 nitrogen and oxygen atoms in total. The molecule has 1 aliphatic heterocycles. The van der Waals surface area contributed by atoms with E-state index in [1.54, 1.807) is 19.1 Å². The Labute approximate surface area is 172 Å². The molecule has 0 saturated carbocycles. The van der Waals surface area contributed by atoms with Gasteiger partial charge in [-0.15, -0.1) is 0 Å². The van der Waals surface area contributed by atoms with Crippen LogP contribution in [-0.4, -0.2) is 19.5 Å². The molecule has 0 spiro atoms. The number of allylic oxidation sites excluding steroid dienone is 2. The van der Waals surface area contributed by atoms with Crippen LogP contribution < -0.4 is 10.2 Å². The SMILES string of the molecule is CC1=C(/C=C(\C)C(=O)Nc2c(F)cc(F)cc2Cl)CCN(C)c2cc(F)ccc21. The number of hydrogen-bond donors (Lipinski definition) is 1. The second-order valence-electron chi connectivity index (χ2n) is 7.01. The Bertz CT molecular complexity index is 1020. The minimum Gasteiger partial charge on any atom is -0.374 e. The number of nitrogens with zero attached hydrogens (tertiary/aromatic N) is 1. The molecular formula is C22H20ClF3N2O. The van der Waals surface area contributed by atoms with Crippen molar-refractivity contribution in [1.82, 2.24) is 0 Å². The zero-order valence-electron chi connectivity index (χ0n) is 16.2. The number of amides is 1. The fourth-order valence-corrected chi connectivity index (χ4v) is 3.53. The smallest absolute Gasteiger partial charge is 0.251 e. The molecule has 0 aliphatic carbocycles. The van der Waals surface area contributed by atoms with E-state index in [-0.39, 0.29) is 16.5 Å². The average molecular weight is 421 g/mol. The number of carbonyl (C=O) groups excluding carboxylic acids is 1. The van der Waals surface area contributed by atoms with Gasteiger partial charge in [-0.05, 0) is 55.7 Å². The van der Waals surface area contributed by atoms with Gasteiger partial charge in [0.15, 0.2) is 5.82 Å². The first-order valence-corrected chi connectivity index (χ1v) is 9.40. The summed E-state index contributed by atoms with van der Waals surface area (Å²) >= 11 is 5.85. The van der Waals surface area contributed by atoms with Crippen LogP contribution in [-0.2, 0) is 4.79 Å². The minimum absolute atomic E-state index is 0.217. The summed E-state index contributed by atoms with van der Waals surface area (Å²) in [6, 6.07) is 6.21. The minimum atomic E-state index is -0.946. The van der Waals surface area contributed by atoms with Gasteiger partial charge in [0.2, 0.25) is 0 Å². The van der Waals surface area contributed by atoms with Crippen LogP contribution in [0.15, 0.2) is 47.6 Å². The van der Waals surface area contributed by atoms with Crippen molar-refractivity contribution in [3.63, 3.8) is 0 Å². The van der Waals surface area contributed by atoms with Gasteiger partial charge in [0, 0.05) is 36.5 Å². The highest BCUT2D eigenvalue weighted by Crippen LogP contribution is 2.34. The zero-order valence-corrected chi connectivity index (χ0v) is 17.0. The Morgan fingerprint density at radius 2 is 1.90 bits per heavy atom. The fourth-order valence-electron chi connectivity index (χ4n) is 3.29. The first-order valence-electron chi connectivity index (χ1n) is 9.02. The van der Waals surface area contributed by atoms with Gasteiger partial charge >= 0.3 is 0 Å². The van der Waals surface area contributed by atoms with Crippen molar-refractivity contribution < 1.29 is 18.0 Å². The third kappa shape index (κ3) is 4.48. The molecule has 29 heavy (non-hydrogen) atoms. The van der Waals surface area contributed by atoms with Crippen LogP contribution in [0.4, 0.5) is 24.5 Å². The zero-order chi connectivity index (χ0) is 21.3. The summed E-state index contributed by atoms with van der Waals surface area (Å²) in [6.45, 7) is 4.17. The lowest BCUT2D eigenvalue weighted by atomic mass is 9.97. The number of benzene rings is 2. The van der Waals surface area contributed by atoms with Gasteiger partial charge in [-0.1, -0.05) is 17.7 Å². The molecule has 0 unspecified atom stereocenters. The summed E-state index contributed by atoms with van der Waals surface area (Å²) in [6.07, 6.45) is 2.38. The van der Waals surface area contributed by atoms with E-state index in [4.69, 9.17) is 11.6 Å². The summed E-state index contributed by atoms with van der Waals surface area (Å²) in [5.74, 6) is -2.62. The normalized spacial score (nSPS) is 14.6. The van der Waals surface area contributed by atoms with Crippen LogP contribution in [0.1, 0.15) is 25.8 Å². The van der Waals surface area contributed by atoms with Crippen molar-refractivity contribution in [2.24, 2.45) is 0 Å². The molecule has 3 rings (SSSR count). The number of carbonyl (C=O) groups is 1. The molecule has 0 aromatic heterocycles.